The van der Waals surface area contributed by atoms with E-state index in [-0.39, 0.29) is 17.7 Å². The second-order valence-corrected chi connectivity index (χ2v) is 4.74. The molecule has 0 aliphatic carbocycles. The Hall–Kier alpha value is -2.04. The first-order valence-corrected chi connectivity index (χ1v) is 6.15. The van der Waals surface area contributed by atoms with Gasteiger partial charge in [0.15, 0.2) is 0 Å². The van der Waals surface area contributed by atoms with Crippen molar-refractivity contribution in [2.24, 2.45) is 11.8 Å². The van der Waals surface area contributed by atoms with Gasteiger partial charge in [0, 0.05) is 5.92 Å². The number of carboxylic acids is 1. The van der Waals surface area contributed by atoms with Crippen LogP contribution in [0.2, 0.25) is 0 Å². The van der Waals surface area contributed by atoms with Crippen LogP contribution in [0, 0.1) is 11.8 Å². The van der Waals surface area contributed by atoms with Gasteiger partial charge in [-0.25, -0.2) is 0 Å². The first-order valence-electron chi connectivity index (χ1n) is 6.15. The normalized spacial score (nSPS) is 15.3. The quantitative estimate of drug-likeness (QED) is 0.759. The Morgan fingerprint density at radius 3 is 2.32 bits per heavy atom. The number of carbonyl (C=O) groups is 2. The van der Waals surface area contributed by atoms with E-state index in [0.29, 0.717) is 0 Å². The first-order chi connectivity index (χ1) is 8.82. The fourth-order valence-electron chi connectivity index (χ4n) is 1.66. The van der Waals surface area contributed by atoms with Crippen LogP contribution in [0.4, 0.5) is 0 Å². The summed E-state index contributed by atoms with van der Waals surface area (Å²) in [7, 11) is 0. The molecule has 1 aromatic carbocycles. The van der Waals surface area contributed by atoms with E-state index in [4.69, 9.17) is 5.11 Å². The van der Waals surface area contributed by atoms with Crippen molar-refractivity contribution in [3.05, 3.63) is 29.8 Å². The molecule has 1 aromatic rings. The number of carboxylic acid groups (broad SMARTS) is 1. The van der Waals surface area contributed by atoms with Crippen LogP contribution in [-0.4, -0.2) is 22.1 Å². The van der Waals surface area contributed by atoms with Crippen LogP contribution in [0.5, 0.6) is 5.75 Å². The molecule has 0 fully saturated rings. The Morgan fingerprint density at radius 2 is 1.79 bits per heavy atom. The number of phenols is 1. The van der Waals surface area contributed by atoms with Crippen LogP contribution in [0.15, 0.2) is 24.3 Å². The summed E-state index contributed by atoms with van der Waals surface area (Å²) in [4.78, 5) is 22.8. The maximum absolute atomic E-state index is 11.9. The summed E-state index contributed by atoms with van der Waals surface area (Å²) in [6.07, 6.45) is 0. The van der Waals surface area contributed by atoms with Crippen LogP contribution >= 0.6 is 0 Å². The second-order valence-electron chi connectivity index (χ2n) is 4.74. The molecule has 5 nitrogen and oxygen atoms in total. The average Bonchev–Trinajstić information content (AvgIpc) is 2.36. The lowest BCUT2D eigenvalue weighted by atomic mass is 9.94. The molecule has 104 valence electrons. The summed E-state index contributed by atoms with van der Waals surface area (Å²) >= 11 is 0. The molecule has 1 rings (SSSR count). The Kier molecular flexibility index (Phi) is 4.92. The van der Waals surface area contributed by atoms with Crippen LogP contribution in [0.25, 0.3) is 0 Å². The second kappa shape index (κ2) is 6.22. The maximum atomic E-state index is 11.9. The predicted molar refractivity (Wildman–Crippen MR) is 70.6 cm³/mol. The standard InChI is InChI=1S/C14H19NO4/c1-8(9(2)14(18)19)13(17)15-10(3)11-5-4-6-12(16)7-11/h4-10,16H,1-3H3,(H,15,17)(H,18,19). The number of amides is 1. The number of benzene rings is 1. The van der Waals surface area contributed by atoms with Crippen molar-refractivity contribution < 1.29 is 19.8 Å². The first kappa shape index (κ1) is 15.0. The van der Waals surface area contributed by atoms with Gasteiger partial charge in [0.1, 0.15) is 5.75 Å². The molecule has 1 amide bonds. The van der Waals surface area contributed by atoms with Crippen LogP contribution < -0.4 is 5.32 Å². The minimum atomic E-state index is -0.993. The summed E-state index contributed by atoms with van der Waals surface area (Å²) in [5, 5.41) is 21.0. The minimum Gasteiger partial charge on any atom is -0.508 e. The van der Waals surface area contributed by atoms with E-state index in [1.807, 2.05) is 0 Å². The third-order valence-electron chi connectivity index (χ3n) is 3.28. The number of hydrogen-bond acceptors (Lipinski definition) is 3. The third kappa shape index (κ3) is 3.98. The molecule has 0 radical (unpaired) electrons. The molecule has 3 unspecified atom stereocenters. The molecule has 0 aliphatic heterocycles. The van der Waals surface area contributed by atoms with E-state index in [1.165, 1.54) is 6.92 Å². The molecule has 0 spiro atoms. The monoisotopic (exact) mass is 265 g/mol. The summed E-state index contributed by atoms with van der Waals surface area (Å²) in [6.45, 7) is 4.87. The smallest absolute Gasteiger partial charge is 0.307 e. The maximum Gasteiger partial charge on any atom is 0.307 e. The molecule has 5 heteroatoms. The van der Waals surface area contributed by atoms with Crippen LogP contribution in [0.1, 0.15) is 32.4 Å². The number of aromatic hydroxyl groups is 1. The highest BCUT2D eigenvalue weighted by atomic mass is 16.4. The van der Waals surface area contributed by atoms with Crippen molar-refractivity contribution in [1.29, 1.82) is 0 Å². The van der Waals surface area contributed by atoms with Gasteiger partial charge >= 0.3 is 5.97 Å². The van der Waals surface area contributed by atoms with E-state index in [2.05, 4.69) is 5.32 Å². The lowest BCUT2D eigenvalue weighted by Crippen LogP contribution is -2.36. The van der Waals surface area contributed by atoms with Gasteiger partial charge in [0.05, 0.1) is 12.0 Å². The van der Waals surface area contributed by atoms with Crippen molar-refractivity contribution in [2.45, 2.75) is 26.8 Å². The van der Waals surface area contributed by atoms with Gasteiger partial charge in [-0.15, -0.1) is 0 Å². The molecule has 19 heavy (non-hydrogen) atoms. The zero-order valence-electron chi connectivity index (χ0n) is 11.3. The molecule has 0 saturated heterocycles. The van der Waals surface area contributed by atoms with Gasteiger partial charge in [-0.05, 0) is 24.6 Å². The molecule has 0 heterocycles. The molecule has 0 aliphatic rings. The number of hydrogen-bond donors (Lipinski definition) is 3. The predicted octanol–water partition coefficient (Wildman–Crippen LogP) is 1.93. The fraction of sp³-hybridized carbons (Fsp3) is 0.429. The highest BCUT2D eigenvalue weighted by Gasteiger charge is 2.26. The highest BCUT2D eigenvalue weighted by Crippen LogP contribution is 2.19. The number of phenolic OH excluding ortho intramolecular Hbond substituents is 1. The molecule has 0 bridgehead atoms. The SMILES string of the molecule is CC(NC(=O)C(C)C(C)C(=O)O)c1cccc(O)c1. The van der Waals surface area contributed by atoms with Crippen molar-refractivity contribution >= 4 is 11.9 Å². The van der Waals surface area contributed by atoms with Gasteiger partial charge in [-0.2, -0.15) is 0 Å². The Bertz CT molecular complexity index is 472. The van der Waals surface area contributed by atoms with Crippen molar-refractivity contribution in [3.8, 4) is 5.75 Å². The zero-order valence-corrected chi connectivity index (χ0v) is 11.3. The van der Waals surface area contributed by atoms with Gasteiger partial charge in [0.25, 0.3) is 0 Å². The lowest BCUT2D eigenvalue weighted by Gasteiger charge is -2.20. The highest BCUT2D eigenvalue weighted by molar-refractivity contribution is 5.84. The Balaban J connectivity index is 2.69. The van der Waals surface area contributed by atoms with Crippen molar-refractivity contribution in [2.75, 3.05) is 0 Å². The number of carbonyl (C=O) groups excluding carboxylic acids is 1. The topological polar surface area (TPSA) is 86.6 Å². The molecule has 0 aromatic heterocycles. The van der Waals surface area contributed by atoms with Gasteiger partial charge in [-0.1, -0.05) is 26.0 Å². The summed E-state index contributed by atoms with van der Waals surface area (Å²) in [5.74, 6) is -2.53. The number of nitrogens with one attached hydrogen (secondary N) is 1. The van der Waals surface area contributed by atoms with Crippen molar-refractivity contribution in [3.63, 3.8) is 0 Å². The van der Waals surface area contributed by atoms with Gasteiger partial charge < -0.3 is 15.5 Å². The Morgan fingerprint density at radius 1 is 1.16 bits per heavy atom. The molecule has 0 saturated carbocycles. The summed E-state index contributed by atoms with van der Waals surface area (Å²) in [5.41, 5.74) is 0.767. The number of rotatable bonds is 5. The minimum absolute atomic E-state index is 0.130. The van der Waals surface area contributed by atoms with Crippen LogP contribution in [-0.2, 0) is 9.59 Å². The largest absolute Gasteiger partial charge is 0.508 e. The number of aliphatic carboxylic acids is 1. The molecular weight excluding hydrogens is 246 g/mol. The third-order valence-corrected chi connectivity index (χ3v) is 3.28. The average molecular weight is 265 g/mol. The molecular formula is C14H19NO4. The molecule has 3 N–H and O–H groups in total. The zero-order chi connectivity index (χ0) is 14.6. The Labute approximate surface area is 112 Å². The van der Waals surface area contributed by atoms with E-state index >= 15 is 0 Å². The van der Waals surface area contributed by atoms with Crippen molar-refractivity contribution in [1.82, 2.24) is 5.32 Å². The van der Waals surface area contributed by atoms with E-state index in [9.17, 15) is 14.7 Å². The summed E-state index contributed by atoms with van der Waals surface area (Å²) < 4.78 is 0. The summed E-state index contributed by atoms with van der Waals surface area (Å²) in [6, 6.07) is 6.30. The van der Waals surface area contributed by atoms with E-state index in [1.54, 1.807) is 38.1 Å². The lowest BCUT2D eigenvalue weighted by molar-refractivity contribution is -0.146. The molecule has 3 atom stereocenters. The fourth-order valence-corrected chi connectivity index (χ4v) is 1.66. The van der Waals surface area contributed by atoms with E-state index in [0.717, 1.165) is 5.56 Å². The van der Waals surface area contributed by atoms with Gasteiger partial charge in [0.2, 0.25) is 5.91 Å². The van der Waals surface area contributed by atoms with Gasteiger partial charge in [-0.3, -0.25) is 9.59 Å². The van der Waals surface area contributed by atoms with Crippen LogP contribution in [0.3, 0.4) is 0 Å². The van der Waals surface area contributed by atoms with E-state index < -0.39 is 17.8 Å².